The van der Waals surface area contributed by atoms with Crippen molar-refractivity contribution in [2.45, 2.75) is 32.9 Å². The van der Waals surface area contributed by atoms with E-state index in [-0.39, 0.29) is 18.5 Å². The third-order valence-electron chi connectivity index (χ3n) is 3.20. The topological polar surface area (TPSA) is 74.0 Å². The molecule has 4 heteroatoms. The minimum absolute atomic E-state index is 0.0940. The summed E-state index contributed by atoms with van der Waals surface area (Å²) in [6, 6.07) is 8.14. The predicted octanol–water partition coefficient (Wildman–Crippen LogP) is 1.32. The Bertz CT molecular complexity index is 584. The van der Waals surface area contributed by atoms with Crippen LogP contribution in [0.25, 0.3) is 10.9 Å². The van der Waals surface area contributed by atoms with Crippen molar-refractivity contribution in [2.75, 3.05) is 0 Å². The number of carbonyl (C=O) groups excluding carboxylic acids is 1. The van der Waals surface area contributed by atoms with Crippen LogP contribution in [0.4, 0.5) is 0 Å². The van der Waals surface area contributed by atoms with Crippen molar-refractivity contribution in [2.24, 2.45) is 11.5 Å². The molecular formula is C14H19N3O. The van der Waals surface area contributed by atoms with Crippen LogP contribution in [0.1, 0.15) is 18.2 Å². The minimum Gasteiger partial charge on any atom is -0.368 e. The number of primary amides is 1. The van der Waals surface area contributed by atoms with E-state index in [1.54, 1.807) is 0 Å². The maximum absolute atomic E-state index is 11.2. The maximum atomic E-state index is 11.2. The van der Waals surface area contributed by atoms with Crippen LogP contribution < -0.4 is 11.5 Å². The van der Waals surface area contributed by atoms with Crippen LogP contribution >= 0.6 is 0 Å². The van der Waals surface area contributed by atoms with Crippen molar-refractivity contribution in [3.05, 3.63) is 35.5 Å². The summed E-state index contributed by atoms with van der Waals surface area (Å²) in [6.07, 6.45) is 0.804. The number of hydrogen-bond donors (Lipinski definition) is 2. The second-order valence-electron chi connectivity index (χ2n) is 4.81. The van der Waals surface area contributed by atoms with Crippen LogP contribution in [0.5, 0.6) is 0 Å². The van der Waals surface area contributed by atoms with E-state index in [0.29, 0.717) is 0 Å². The molecule has 0 aliphatic rings. The fraction of sp³-hybridized carbons (Fsp3) is 0.357. The second-order valence-corrected chi connectivity index (χ2v) is 4.81. The first-order valence-electron chi connectivity index (χ1n) is 6.11. The number of hydrogen-bond acceptors (Lipinski definition) is 2. The zero-order valence-corrected chi connectivity index (χ0v) is 10.8. The van der Waals surface area contributed by atoms with Gasteiger partial charge in [0, 0.05) is 22.6 Å². The lowest BCUT2D eigenvalue weighted by molar-refractivity contribution is -0.118. The molecule has 0 fully saturated rings. The molecule has 1 aromatic carbocycles. The summed E-state index contributed by atoms with van der Waals surface area (Å²) in [5, 5.41) is 1.16. The Labute approximate surface area is 107 Å². The SMILES string of the molecule is Cc1c(CC(C)N)c2ccccc2n1CC(N)=O. The van der Waals surface area contributed by atoms with Gasteiger partial charge < -0.3 is 16.0 Å². The molecule has 96 valence electrons. The molecule has 4 N–H and O–H groups in total. The quantitative estimate of drug-likeness (QED) is 0.852. The zero-order chi connectivity index (χ0) is 13.3. The van der Waals surface area contributed by atoms with Crippen molar-refractivity contribution in [1.82, 2.24) is 4.57 Å². The fourth-order valence-corrected chi connectivity index (χ4v) is 2.44. The van der Waals surface area contributed by atoms with Crippen LogP contribution in [0.15, 0.2) is 24.3 Å². The van der Waals surface area contributed by atoms with Gasteiger partial charge in [-0.15, -0.1) is 0 Å². The summed E-state index contributed by atoms with van der Waals surface area (Å²) in [7, 11) is 0. The molecule has 0 aliphatic carbocycles. The van der Waals surface area contributed by atoms with E-state index < -0.39 is 0 Å². The third kappa shape index (κ3) is 2.24. The highest BCUT2D eigenvalue weighted by atomic mass is 16.1. The largest absolute Gasteiger partial charge is 0.368 e. The van der Waals surface area contributed by atoms with Gasteiger partial charge in [-0.2, -0.15) is 0 Å². The van der Waals surface area contributed by atoms with E-state index in [0.717, 1.165) is 23.0 Å². The number of aromatic nitrogens is 1. The number of rotatable bonds is 4. The molecule has 0 spiro atoms. The van der Waals surface area contributed by atoms with E-state index in [2.05, 4.69) is 6.07 Å². The van der Waals surface area contributed by atoms with Gasteiger partial charge in [-0.3, -0.25) is 4.79 Å². The van der Waals surface area contributed by atoms with Crippen LogP contribution in [-0.2, 0) is 17.8 Å². The number of amides is 1. The Morgan fingerprint density at radius 1 is 1.39 bits per heavy atom. The summed E-state index contributed by atoms with van der Waals surface area (Å²) in [6.45, 7) is 4.21. The van der Waals surface area contributed by atoms with Gasteiger partial charge >= 0.3 is 0 Å². The highest BCUT2D eigenvalue weighted by Gasteiger charge is 2.15. The lowest BCUT2D eigenvalue weighted by Gasteiger charge is -2.07. The molecule has 1 atom stereocenters. The first-order valence-corrected chi connectivity index (χ1v) is 6.11. The van der Waals surface area contributed by atoms with Crippen LogP contribution in [-0.4, -0.2) is 16.5 Å². The van der Waals surface area contributed by atoms with Crippen molar-refractivity contribution in [3.63, 3.8) is 0 Å². The fourth-order valence-electron chi connectivity index (χ4n) is 2.44. The monoisotopic (exact) mass is 245 g/mol. The normalized spacial score (nSPS) is 12.8. The van der Waals surface area contributed by atoms with E-state index in [1.165, 1.54) is 5.56 Å². The average Bonchev–Trinajstić information content (AvgIpc) is 2.54. The Kier molecular flexibility index (Phi) is 3.39. The first kappa shape index (κ1) is 12.6. The van der Waals surface area contributed by atoms with Crippen molar-refractivity contribution >= 4 is 16.8 Å². The van der Waals surface area contributed by atoms with Crippen LogP contribution in [0, 0.1) is 6.92 Å². The summed E-state index contributed by atoms with van der Waals surface area (Å²) in [4.78, 5) is 11.2. The molecule has 18 heavy (non-hydrogen) atoms. The molecule has 2 aromatic rings. The summed E-state index contributed by atoms with van der Waals surface area (Å²) in [5.41, 5.74) is 14.5. The van der Waals surface area contributed by atoms with Crippen LogP contribution in [0.3, 0.4) is 0 Å². The van der Waals surface area contributed by atoms with Crippen molar-refractivity contribution in [1.29, 1.82) is 0 Å². The third-order valence-corrected chi connectivity index (χ3v) is 3.20. The van der Waals surface area contributed by atoms with E-state index in [1.807, 2.05) is 36.6 Å². The summed E-state index contributed by atoms with van der Waals surface area (Å²) >= 11 is 0. The molecule has 0 aliphatic heterocycles. The van der Waals surface area contributed by atoms with Crippen molar-refractivity contribution in [3.8, 4) is 0 Å². The van der Waals surface area contributed by atoms with Gasteiger partial charge in [0.2, 0.25) is 5.91 Å². The van der Waals surface area contributed by atoms with Gasteiger partial charge in [0.05, 0.1) is 0 Å². The number of fused-ring (bicyclic) bond motifs is 1. The van der Waals surface area contributed by atoms with Gasteiger partial charge in [0.25, 0.3) is 0 Å². The first-order chi connectivity index (χ1) is 8.50. The van der Waals surface area contributed by atoms with Crippen LogP contribution in [0.2, 0.25) is 0 Å². The van der Waals surface area contributed by atoms with E-state index in [9.17, 15) is 4.79 Å². The molecule has 0 saturated heterocycles. The number of nitrogens with zero attached hydrogens (tertiary/aromatic N) is 1. The molecule has 0 bridgehead atoms. The second kappa shape index (κ2) is 4.82. The molecule has 0 saturated carbocycles. The van der Waals surface area contributed by atoms with E-state index >= 15 is 0 Å². The number of nitrogens with two attached hydrogens (primary N) is 2. The Morgan fingerprint density at radius 3 is 2.67 bits per heavy atom. The van der Waals surface area contributed by atoms with Crippen molar-refractivity contribution < 1.29 is 4.79 Å². The van der Waals surface area contributed by atoms with Gasteiger partial charge in [0.1, 0.15) is 6.54 Å². The minimum atomic E-state index is -0.328. The van der Waals surface area contributed by atoms with Gasteiger partial charge in [0.15, 0.2) is 0 Å². The standard InChI is InChI=1S/C14H19N3O/c1-9(15)7-12-10(2)17(8-14(16)18)13-6-4-3-5-11(12)13/h3-6,9H,7-8,15H2,1-2H3,(H2,16,18). The smallest absolute Gasteiger partial charge is 0.237 e. The van der Waals surface area contributed by atoms with Gasteiger partial charge in [-0.1, -0.05) is 18.2 Å². The van der Waals surface area contributed by atoms with E-state index in [4.69, 9.17) is 11.5 Å². The lowest BCUT2D eigenvalue weighted by atomic mass is 10.0. The summed E-state index contributed by atoms with van der Waals surface area (Å²) in [5.74, 6) is -0.328. The molecule has 0 radical (unpaired) electrons. The average molecular weight is 245 g/mol. The number of benzene rings is 1. The Hall–Kier alpha value is -1.81. The molecule has 1 heterocycles. The predicted molar refractivity (Wildman–Crippen MR) is 73.2 cm³/mol. The summed E-state index contributed by atoms with van der Waals surface area (Å²) < 4.78 is 1.97. The maximum Gasteiger partial charge on any atom is 0.237 e. The van der Waals surface area contributed by atoms with Gasteiger partial charge in [-0.05, 0) is 31.9 Å². The highest BCUT2D eigenvalue weighted by Crippen LogP contribution is 2.26. The molecule has 1 amide bonds. The lowest BCUT2D eigenvalue weighted by Crippen LogP contribution is -2.20. The Balaban J connectivity index is 2.63. The Morgan fingerprint density at radius 2 is 2.06 bits per heavy atom. The molecule has 2 rings (SSSR count). The zero-order valence-electron chi connectivity index (χ0n) is 10.8. The molecule has 4 nitrogen and oxygen atoms in total. The number of carbonyl (C=O) groups is 1. The molecular weight excluding hydrogens is 226 g/mol. The highest BCUT2D eigenvalue weighted by molar-refractivity contribution is 5.87. The number of para-hydroxylation sites is 1. The molecule has 1 aromatic heterocycles. The van der Waals surface area contributed by atoms with Gasteiger partial charge in [-0.25, -0.2) is 0 Å². The molecule has 1 unspecified atom stereocenters.